The van der Waals surface area contributed by atoms with Crippen molar-refractivity contribution in [3.05, 3.63) is 34.2 Å². The minimum Gasteiger partial charge on any atom is -0.508 e. The molecule has 1 aliphatic rings. The van der Waals surface area contributed by atoms with Gasteiger partial charge in [-0.1, -0.05) is 0 Å². The lowest BCUT2D eigenvalue weighted by Crippen LogP contribution is -2.60. The van der Waals surface area contributed by atoms with Crippen LogP contribution >= 0.6 is 0 Å². The average Bonchev–Trinajstić information content (AvgIpc) is 2.54. The lowest BCUT2D eigenvalue weighted by atomic mass is 9.99. The molecule has 0 amide bonds. The molecule has 0 radical (unpaired) electrons. The van der Waals surface area contributed by atoms with Crippen molar-refractivity contribution in [1.29, 1.82) is 0 Å². The number of hydrogen-bond acceptors (Lipinski definition) is 9. The molecule has 3 rings (SSSR count). The van der Waals surface area contributed by atoms with Crippen molar-refractivity contribution in [3.63, 3.8) is 0 Å². The first-order valence-corrected chi connectivity index (χ1v) is 7.56. The topological polar surface area (TPSA) is 150 Å². The van der Waals surface area contributed by atoms with E-state index in [4.69, 9.17) is 13.9 Å². The Labute approximate surface area is 141 Å². The minimum absolute atomic E-state index is 0.0142. The summed E-state index contributed by atoms with van der Waals surface area (Å²) in [5.41, 5.74) is -0.358. The Morgan fingerprint density at radius 1 is 1.12 bits per heavy atom. The second-order valence-corrected chi connectivity index (χ2v) is 5.85. The number of benzene rings is 1. The first-order chi connectivity index (χ1) is 11.8. The molecule has 0 bridgehead atoms. The fraction of sp³-hybridized carbons (Fsp3) is 0.438. The summed E-state index contributed by atoms with van der Waals surface area (Å²) in [4.78, 5) is 12.2. The van der Waals surface area contributed by atoms with Crippen molar-refractivity contribution in [2.75, 3.05) is 6.61 Å². The van der Waals surface area contributed by atoms with Gasteiger partial charge in [0.1, 0.15) is 52.6 Å². The van der Waals surface area contributed by atoms with Crippen molar-refractivity contribution in [2.45, 2.75) is 37.6 Å². The third kappa shape index (κ3) is 3.20. The van der Waals surface area contributed by atoms with Gasteiger partial charge in [0.25, 0.3) is 0 Å². The van der Waals surface area contributed by atoms with E-state index in [9.17, 15) is 30.3 Å². The van der Waals surface area contributed by atoms with Gasteiger partial charge in [0.15, 0.2) is 5.43 Å². The van der Waals surface area contributed by atoms with E-state index in [1.165, 1.54) is 12.1 Å². The first-order valence-electron chi connectivity index (χ1n) is 7.56. The molecule has 2 heterocycles. The standard InChI is InChI=1S/C16H18O9/c1-6-2-8(19)12-9(23-6)3-7(18)4-10(12)24-16-15(22)14(21)13(20)11(5-17)25-16/h2-4,11,13-18,20-22H,5H2,1H3/t11?,13-,14+,15?,16-/m1/s1. The average molecular weight is 354 g/mol. The number of phenolic OH excluding ortho intramolecular Hbond substituents is 1. The Kier molecular flexibility index (Phi) is 4.67. The van der Waals surface area contributed by atoms with E-state index in [1.807, 2.05) is 0 Å². The highest BCUT2D eigenvalue weighted by molar-refractivity contribution is 5.85. The quantitative estimate of drug-likeness (QED) is 0.467. The minimum atomic E-state index is -1.65. The molecule has 2 aromatic rings. The molecule has 0 spiro atoms. The fourth-order valence-corrected chi connectivity index (χ4v) is 2.74. The van der Waals surface area contributed by atoms with Gasteiger partial charge in [-0.25, -0.2) is 0 Å². The number of aliphatic hydroxyl groups excluding tert-OH is 4. The molecular formula is C16H18O9. The molecule has 5 atom stereocenters. The molecule has 1 fully saturated rings. The molecule has 1 aromatic heterocycles. The summed E-state index contributed by atoms with van der Waals surface area (Å²) in [6.45, 7) is 0.954. The number of hydrogen-bond donors (Lipinski definition) is 5. The normalized spacial score (nSPS) is 29.7. The number of fused-ring (bicyclic) bond motifs is 1. The summed E-state index contributed by atoms with van der Waals surface area (Å²) < 4.78 is 16.1. The van der Waals surface area contributed by atoms with Crippen LogP contribution in [0.5, 0.6) is 11.5 Å². The zero-order valence-corrected chi connectivity index (χ0v) is 13.2. The molecule has 136 valence electrons. The Bertz CT molecular complexity index is 823. The summed E-state index contributed by atoms with van der Waals surface area (Å²) in [5.74, 6) is -0.0455. The Morgan fingerprint density at radius 3 is 2.52 bits per heavy atom. The van der Waals surface area contributed by atoms with Crippen LogP contribution in [-0.4, -0.2) is 62.8 Å². The van der Waals surface area contributed by atoms with Crippen LogP contribution in [0.25, 0.3) is 11.0 Å². The van der Waals surface area contributed by atoms with Gasteiger partial charge in [-0.3, -0.25) is 4.79 Å². The maximum Gasteiger partial charge on any atom is 0.229 e. The smallest absolute Gasteiger partial charge is 0.229 e. The van der Waals surface area contributed by atoms with Gasteiger partial charge in [0, 0.05) is 18.2 Å². The van der Waals surface area contributed by atoms with Crippen LogP contribution in [0.15, 0.2) is 27.4 Å². The van der Waals surface area contributed by atoms with Crippen molar-refractivity contribution < 1.29 is 39.4 Å². The van der Waals surface area contributed by atoms with E-state index in [0.29, 0.717) is 5.76 Å². The summed E-state index contributed by atoms with van der Waals surface area (Å²) in [5, 5.41) is 48.6. The fourth-order valence-electron chi connectivity index (χ4n) is 2.74. The van der Waals surface area contributed by atoms with Crippen LogP contribution in [0.1, 0.15) is 5.76 Å². The molecule has 25 heavy (non-hydrogen) atoms. The lowest BCUT2D eigenvalue weighted by Gasteiger charge is -2.39. The Hall–Kier alpha value is -2.17. The Morgan fingerprint density at radius 2 is 1.84 bits per heavy atom. The van der Waals surface area contributed by atoms with E-state index in [-0.39, 0.29) is 22.5 Å². The number of ether oxygens (including phenoxy) is 2. The molecular weight excluding hydrogens is 336 g/mol. The van der Waals surface area contributed by atoms with Gasteiger partial charge >= 0.3 is 0 Å². The van der Waals surface area contributed by atoms with E-state index in [2.05, 4.69) is 0 Å². The zero-order chi connectivity index (χ0) is 18.3. The molecule has 1 saturated heterocycles. The molecule has 2 unspecified atom stereocenters. The highest BCUT2D eigenvalue weighted by Gasteiger charge is 2.44. The van der Waals surface area contributed by atoms with Crippen LogP contribution in [-0.2, 0) is 4.74 Å². The molecule has 1 aliphatic heterocycles. The summed E-state index contributed by atoms with van der Waals surface area (Å²) in [7, 11) is 0. The monoisotopic (exact) mass is 354 g/mol. The van der Waals surface area contributed by atoms with Crippen LogP contribution < -0.4 is 10.2 Å². The molecule has 5 N–H and O–H groups in total. The highest BCUT2D eigenvalue weighted by Crippen LogP contribution is 2.32. The maximum atomic E-state index is 12.2. The summed E-state index contributed by atoms with van der Waals surface area (Å²) in [6.07, 6.45) is -7.45. The van der Waals surface area contributed by atoms with Crippen molar-refractivity contribution in [1.82, 2.24) is 0 Å². The third-order valence-corrected chi connectivity index (χ3v) is 3.99. The van der Waals surface area contributed by atoms with Gasteiger partial charge in [-0.15, -0.1) is 0 Å². The maximum absolute atomic E-state index is 12.2. The third-order valence-electron chi connectivity index (χ3n) is 3.99. The summed E-state index contributed by atoms with van der Waals surface area (Å²) >= 11 is 0. The van der Waals surface area contributed by atoms with Gasteiger partial charge in [-0.05, 0) is 6.92 Å². The zero-order valence-electron chi connectivity index (χ0n) is 13.2. The number of rotatable bonds is 3. The Balaban J connectivity index is 2.01. The van der Waals surface area contributed by atoms with Crippen molar-refractivity contribution in [3.8, 4) is 11.5 Å². The van der Waals surface area contributed by atoms with Crippen LogP contribution in [0.3, 0.4) is 0 Å². The van der Waals surface area contributed by atoms with Gasteiger partial charge in [0.2, 0.25) is 6.29 Å². The van der Waals surface area contributed by atoms with E-state index < -0.39 is 42.7 Å². The van der Waals surface area contributed by atoms with Crippen LogP contribution in [0.4, 0.5) is 0 Å². The van der Waals surface area contributed by atoms with Gasteiger partial charge in [0.05, 0.1) is 6.61 Å². The predicted octanol–water partition coefficient (Wildman–Crippen LogP) is -1.01. The number of aromatic hydroxyl groups is 1. The second-order valence-electron chi connectivity index (χ2n) is 5.85. The van der Waals surface area contributed by atoms with E-state index in [1.54, 1.807) is 6.92 Å². The SMILES string of the molecule is Cc1cc(=O)c2c(O[C@@H]3OC(CO)[C@@H](O)[C@H](O)C3O)cc(O)cc2o1. The van der Waals surface area contributed by atoms with Crippen molar-refractivity contribution in [2.24, 2.45) is 0 Å². The van der Waals surface area contributed by atoms with E-state index in [0.717, 1.165) is 6.07 Å². The summed E-state index contributed by atoms with van der Waals surface area (Å²) in [6, 6.07) is 3.61. The van der Waals surface area contributed by atoms with Crippen LogP contribution in [0.2, 0.25) is 0 Å². The number of aryl methyl sites for hydroxylation is 1. The van der Waals surface area contributed by atoms with Gasteiger partial charge in [-0.2, -0.15) is 0 Å². The molecule has 1 aromatic carbocycles. The molecule has 9 heteroatoms. The largest absolute Gasteiger partial charge is 0.508 e. The molecule has 0 saturated carbocycles. The first kappa shape index (κ1) is 17.6. The number of aliphatic hydroxyl groups is 4. The van der Waals surface area contributed by atoms with Crippen molar-refractivity contribution >= 4 is 11.0 Å². The predicted molar refractivity (Wildman–Crippen MR) is 83.3 cm³/mol. The van der Waals surface area contributed by atoms with Crippen LogP contribution in [0, 0.1) is 6.92 Å². The molecule has 0 aliphatic carbocycles. The number of phenols is 1. The molecule has 9 nitrogen and oxygen atoms in total. The lowest BCUT2D eigenvalue weighted by molar-refractivity contribution is -0.277. The van der Waals surface area contributed by atoms with E-state index >= 15 is 0 Å². The second kappa shape index (κ2) is 6.62. The van der Waals surface area contributed by atoms with Gasteiger partial charge < -0.3 is 39.4 Å². The highest BCUT2D eigenvalue weighted by atomic mass is 16.7.